The third-order valence-electron chi connectivity index (χ3n) is 3.43. The first kappa shape index (κ1) is 17.9. The van der Waals surface area contributed by atoms with E-state index in [9.17, 15) is 9.59 Å². The molecule has 5 nitrogen and oxygen atoms in total. The maximum Gasteiger partial charge on any atom is 0.255 e. The van der Waals surface area contributed by atoms with E-state index in [4.69, 9.17) is 10.5 Å². The average molecular weight is 344 g/mol. The Balaban J connectivity index is 2.17. The van der Waals surface area contributed by atoms with Crippen LogP contribution in [0.4, 0.5) is 0 Å². The van der Waals surface area contributed by atoms with Crippen molar-refractivity contribution >= 4 is 23.6 Å². The predicted molar refractivity (Wildman–Crippen MR) is 95.2 cm³/mol. The molecule has 0 heterocycles. The number of carbonyl (C=O) groups excluding carboxylic acids is 2. The second kappa shape index (κ2) is 8.40. The van der Waals surface area contributed by atoms with Crippen molar-refractivity contribution in [3.63, 3.8) is 0 Å². The minimum atomic E-state index is -0.412. The molecule has 6 heteroatoms. The van der Waals surface area contributed by atoms with Gasteiger partial charge in [0.25, 0.3) is 5.91 Å². The van der Waals surface area contributed by atoms with Gasteiger partial charge in [0.1, 0.15) is 5.75 Å². The van der Waals surface area contributed by atoms with Crippen molar-refractivity contribution in [2.24, 2.45) is 5.73 Å². The highest BCUT2D eigenvalue weighted by Gasteiger charge is 2.17. The summed E-state index contributed by atoms with van der Waals surface area (Å²) in [5, 5.41) is 0. The fourth-order valence-corrected chi connectivity index (χ4v) is 3.07. The number of nitrogens with two attached hydrogens (primary N) is 1. The number of amides is 2. The number of carbonyl (C=O) groups is 2. The van der Waals surface area contributed by atoms with E-state index in [-0.39, 0.29) is 11.7 Å². The van der Waals surface area contributed by atoms with Gasteiger partial charge in [-0.1, -0.05) is 30.3 Å². The molecule has 0 aliphatic rings. The number of hydrogen-bond donors (Lipinski definition) is 1. The zero-order valence-corrected chi connectivity index (χ0v) is 14.5. The molecule has 2 aromatic carbocycles. The van der Waals surface area contributed by atoms with Crippen molar-refractivity contribution < 1.29 is 14.3 Å². The van der Waals surface area contributed by atoms with Gasteiger partial charge in [0.2, 0.25) is 5.91 Å². The SMILES string of the molecule is COc1ccccc1CN(C)C(=O)c1ccccc1SCC(N)=O. The van der Waals surface area contributed by atoms with Gasteiger partial charge in [0.15, 0.2) is 0 Å². The Morgan fingerprint density at radius 1 is 1.12 bits per heavy atom. The smallest absolute Gasteiger partial charge is 0.255 e. The molecule has 0 aliphatic heterocycles. The second-order valence-corrected chi connectivity index (χ2v) is 6.24. The van der Waals surface area contributed by atoms with E-state index in [1.807, 2.05) is 36.4 Å². The van der Waals surface area contributed by atoms with Gasteiger partial charge < -0.3 is 15.4 Å². The third kappa shape index (κ3) is 4.52. The lowest BCUT2D eigenvalue weighted by Gasteiger charge is -2.20. The molecule has 24 heavy (non-hydrogen) atoms. The maximum absolute atomic E-state index is 12.8. The van der Waals surface area contributed by atoms with Crippen LogP contribution in [0.3, 0.4) is 0 Å². The number of rotatable bonds is 7. The van der Waals surface area contributed by atoms with E-state index in [1.165, 1.54) is 11.8 Å². The van der Waals surface area contributed by atoms with E-state index in [2.05, 4.69) is 0 Å². The number of para-hydroxylation sites is 1. The van der Waals surface area contributed by atoms with E-state index >= 15 is 0 Å². The fourth-order valence-electron chi connectivity index (χ4n) is 2.28. The minimum absolute atomic E-state index is 0.117. The van der Waals surface area contributed by atoms with Crippen molar-refractivity contribution in [2.75, 3.05) is 19.9 Å². The Hall–Kier alpha value is -2.47. The summed E-state index contributed by atoms with van der Waals surface area (Å²) >= 11 is 1.27. The van der Waals surface area contributed by atoms with E-state index in [1.54, 1.807) is 31.2 Å². The standard InChI is InChI=1S/C18H20N2O3S/c1-20(11-13-7-3-5-9-15(13)23-2)18(22)14-8-4-6-10-16(14)24-12-17(19)21/h3-10H,11-12H2,1-2H3,(H2,19,21). The molecular weight excluding hydrogens is 324 g/mol. The van der Waals surface area contributed by atoms with Gasteiger partial charge >= 0.3 is 0 Å². The van der Waals surface area contributed by atoms with Gasteiger partial charge in [-0.25, -0.2) is 0 Å². The first-order valence-corrected chi connectivity index (χ1v) is 8.39. The van der Waals surface area contributed by atoms with Crippen molar-refractivity contribution in [3.05, 3.63) is 59.7 Å². The van der Waals surface area contributed by atoms with Gasteiger partial charge in [-0.05, 0) is 18.2 Å². The van der Waals surface area contributed by atoms with Crippen LogP contribution < -0.4 is 10.5 Å². The summed E-state index contributed by atoms with van der Waals surface area (Å²) in [6, 6.07) is 14.8. The number of primary amides is 1. The number of methoxy groups -OCH3 is 1. The highest BCUT2D eigenvalue weighted by molar-refractivity contribution is 8.00. The Morgan fingerprint density at radius 3 is 2.50 bits per heavy atom. The van der Waals surface area contributed by atoms with Crippen LogP contribution in [-0.2, 0) is 11.3 Å². The Morgan fingerprint density at radius 2 is 1.79 bits per heavy atom. The molecule has 0 aliphatic carbocycles. The summed E-state index contributed by atoms with van der Waals surface area (Å²) in [5.74, 6) is 0.354. The summed E-state index contributed by atoms with van der Waals surface area (Å²) in [7, 11) is 3.35. The molecule has 0 aromatic heterocycles. The molecular formula is C18H20N2O3S. The molecule has 0 saturated heterocycles. The van der Waals surface area contributed by atoms with Crippen LogP contribution in [-0.4, -0.2) is 36.6 Å². The number of hydrogen-bond acceptors (Lipinski definition) is 4. The van der Waals surface area contributed by atoms with E-state index in [0.717, 1.165) is 16.2 Å². The highest BCUT2D eigenvalue weighted by Crippen LogP contribution is 2.25. The molecule has 2 amide bonds. The van der Waals surface area contributed by atoms with Gasteiger partial charge in [-0.15, -0.1) is 11.8 Å². The highest BCUT2D eigenvalue weighted by atomic mass is 32.2. The molecule has 126 valence electrons. The van der Waals surface area contributed by atoms with Crippen LogP contribution in [0.25, 0.3) is 0 Å². The number of ether oxygens (including phenoxy) is 1. The molecule has 0 saturated carbocycles. The molecule has 0 fully saturated rings. The van der Waals surface area contributed by atoms with Crippen LogP contribution in [0.5, 0.6) is 5.75 Å². The number of thioether (sulfide) groups is 1. The summed E-state index contributed by atoms with van der Waals surface area (Å²) in [6.07, 6.45) is 0. The zero-order chi connectivity index (χ0) is 17.5. The van der Waals surface area contributed by atoms with Gasteiger partial charge in [0.05, 0.1) is 18.4 Å². The van der Waals surface area contributed by atoms with Gasteiger partial charge in [-0.2, -0.15) is 0 Å². The predicted octanol–water partition coefficient (Wildman–Crippen LogP) is 2.54. The molecule has 0 atom stereocenters. The molecule has 2 rings (SSSR count). The topological polar surface area (TPSA) is 72.6 Å². The fraction of sp³-hybridized carbons (Fsp3) is 0.222. The molecule has 2 N–H and O–H groups in total. The van der Waals surface area contributed by atoms with Crippen molar-refractivity contribution in [3.8, 4) is 5.75 Å². The van der Waals surface area contributed by atoms with Crippen molar-refractivity contribution in [2.45, 2.75) is 11.4 Å². The number of nitrogens with zero attached hydrogens (tertiary/aromatic N) is 1. The van der Waals surface area contributed by atoms with Crippen LogP contribution in [0.1, 0.15) is 15.9 Å². The monoisotopic (exact) mass is 344 g/mol. The second-order valence-electron chi connectivity index (χ2n) is 5.22. The Bertz CT molecular complexity index is 734. The lowest BCUT2D eigenvalue weighted by molar-refractivity contribution is -0.115. The summed E-state index contributed by atoms with van der Waals surface area (Å²) in [4.78, 5) is 26.1. The largest absolute Gasteiger partial charge is 0.496 e. The summed E-state index contributed by atoms with van der Waals surface area (Å²) in [6.45, 7) is 0.428. The van der Waals surface area contributed by atoms with Gasteiger partial charge in [0, 0.05) is 24.1 Å². The van der Waals surface area contributed by atoms with Crippen LogP contribution in [0, 0.1) is 0 Å². The minimum Gasteiger partial charge on any atom is -0.496 e. The quantitative estimate of drug-likeness (QED) is 0.784. The Kier molecular flexibility index (Phi) is 6.26. The molecule has 0 radical (unpaired) electrons. The van der Waals surface area contributed by atoms with E-state index < -0.39 is 5.91 Å². The molecule has 0 unspecified atom stereocenters. The van der Waals surface area contributed by atoms with Gasteiger partial charge in [-0.3, -0.25) is 9.59 Å². The number of benzene rings is 2. The van der Waals surface area contributed by atoms with E-state index in [0.29, 0.717) is 12.1 Å². The first-order valence-electron chi connectivity index (χ1n) is 7.40. The molecule has 0 bridgehead atoms. The molecule has 2 aromatic rings. The van der Waals surface area contributed by atoms with Crippen LogP contribution in [0.15, 0.2) is 53.4 Å². The normalized spacial score (nSPS) is 10.2. The summed E-state index contributed by atoms with van der Waals surface area (Å²) < 4.78 is 5.33. The zero-order valence-electron chi connectivity index (χ0n) is 13.7. The summed E-state index contributed by atoms with van der Waals surface area (Å²) in [5.41, 5.74) is 6.68. The average Bonchev–Trinajstić information content (AvgIpc) is 2.60. The van der Waals surface area contributed by atoms with Crippen molar-refractivity contribution in [1.29, 1.82) is 0 Å². The third-order valence-corrected chi connectivity index (χ3v) is 4.53. The van der Waals surface area contributed by atoms with Crippen LogP contribution >= 0.6 is 11.8 Å². The maximum atomic E-state index is 12.8. The van der Waals surface area contributed by atoms with Crippen LogP contribution in [0.2, 0.25) is 0 Å². The lowest BCUT2D eigenvalue weighted by atomic mass is 10.1. The Labute approximate surface area is 145 Å². The lowest BCUT2D eigenvalue weighted by Crippen LogP contribution is -2.27. The van der Waals surface area contributed by atoms with Crippen molar-refractivity contribution in [1.82, 2.24) is 4.90 Å². The first-order chi connectivity index (χ1) is 11.5. The molecule has 0 spiro atoms.